The Morgan fingerprint density at radius 1 is 1.33 bits per heavy atom. The number of carbonyl (C=O) groups excluding carboxylic acids is 1. The maximum absolute atomic E-state index is 11.2. The molecule has 0 aliphatic heterocycles. The van der Waals surface area contributed by atoms with Crippen LogP contribution in [0.25, 0.3) is 0 Å². The smallest absolute Gasteiger partial charge is 0.303 e. The van der Waals surface area contributed by atoms with Gasteiger partial charge in [0.25, 0.3) is 0 Å². The number of hydrogen-bond donors (Lipinski definition) is 3. The molecule has 0 atom stereocenters. The van der Waals surface area contributed by atoms with Gasteiger partial charge in [0, 0.05) is 25.6 Å². The standard InChI is InChI=1S/C10H17NO4/c1-8(4-6-12)7-9(13)11-5-2-3-10(14)15/h7,12H,2-6H2,1H3,(H,11,13)(H,14,15). The van der Waals surface area contributed by atoms with Crippen LogP contribution in [0.4, 0.5) is 0 Å². The second-order valence-corrected chi connectivity index (χ2v) is 3.25. The third-order valence-corrected chi connectivity index (χ3v) is 1.75. The van der Waals surface area contributed by atoms with Gasteiger partial charge in [-0.3, -0.25) is 9.59 Å². The van der Waals surface area contributed by atoms with Crippen molar-refractivity contribution in [1.82, 2.24) is 5.32 Å². The number of amides is 1. The molecule has 1 amide bonds. The number of nitrogens with one attached hydrogen (secondary N) is 1. The zero-order valence-electron chi connectivity index (χ0n) is 8.82. The molecule has 5 heteroatoms. The zero-order valence-corrected chi connectivity index (χ0v) is 8.82. The first-order valence-corrected chi connectivity index (χ1v) is 4.84. The van der Waals surface area contributed by atoms with Crippen molar-refractivity contribution < 1.29 is 19.8 Å². The number of hydrogen-bond acceptors (Lipinski definition) is 3. The van der Waals surface area contributed by atoms with Crippen LogP contribution in [-0.4, -0.2) is 35.2 Å². The van der Waals surface area contributed by atoms with E-state index >= 15 is 0 Å². The minimum Gasteiger partial charge on any atom is -0.481 e. The van der Waals surface area contributed by atoms with E-state index in [1.54, 1.807) is 6.92 Å². The molecule has 0 saturated carbocycles. The molecule has 0 unspecified atom stereocenters. The van der Waals surface area contributed by atoms with Gasteiger partial charge >= 0.3 is 5.97 Å². The van der Waals surface area contributed by atoms with E-state index in [-0.39, 0.29) is 18.9 Å². The van der Waals surface area contributed by atoms with Crippen molar-refractivity contribution in [2.24, 2.45) is 0 Å². The highest BCUT2D eigenvalue weighted by molar-refractivity contribution is 5.88. The van der Waals surface area contributed by atoms with E-state index in [2.05, 4.69) is 5.32 Å². The normalized spacial score (nSPS) is 11.2. The van der Waals surface area contributed by atoms with Gasteiger partial charge in [-0.25, -0.2) is 0 Å². The molecule has 0 rings (SSSR count). The summed E-state index contributed by atoms with van der Waals surface area (Å²) < 4.78 is 0. The van der Waals surface area contributed by atoms with E-state index in [0.717, 1.165) is 5.57 Å². The van der Waals surface area contributed by atoms with Crippen molar-refractivity contribution in [3.05, 3.63) is 11.6 Å². The molecule has 0 aromatic carbocycles. The zero-order chi connectivity index (χ0) is 11.7. The fourth-order valence-corrected chi connectivity index (χ4v) is 0.975. The first-order valence-electron chi connectivity index (χ1n) is 4.84. The summed E-state index contributed by atoms with van der Waals surface area (Å²) in [4.78, 5) is 21.3. The lowest BCUT2D eigenvalue weighted by Gasteiger charge is -2.01. The lowest BCUT2D eigenvalue weighted by molar-refractivity contribution is -0.137. The number of aliphatic hydroxyl groups excluding tert-OH is 1. The van der Waals surface area contributed by atoms with Gasteiger partial charge < -0.3 is 15.5 Å². The average Bonchev–Trinajstić information content (AvgIpc) is 2.12. The number of aliphatic carboxylic acids is 1. The lowest BCUT2D eigenvalue weighted by Crippen LogP contribution is -2.23. The fraction of sp³-hybridized carbons (Fsp3) is 0.600. The summed E-state index contributed by atoms with van der Waals surface area (Å²) in [5, 5.41) is 19.5. The van der Waals surface area contributed by atoms with Crippen molar-refractivity contribution in [3.8, 4) is 0 Å². The van der Waals surface area contributed by atoms with E-state index < -0.39 is 5.97 Å². The van der Waals surface area contributed by atoms with Gasteiger partial charge in [-0.15, -0.1) is 0 Å². The van der Waals surface area contributed by atoms with Crippen LogP contribution in [0.2, 0.25) is 0 Å². The average molecular weight is 215 g/mol. The van der Waals surface area contributed by atoms with Gasteiger partial charge in [0.2, 0.25) is 5.91 Å². The van der Waals surface area contributed by atoms with E-state index in [1.807, 2.05) is 0 Å². The number of carboxylic acid groups (broad SMARTS) is 1. The third kappa shape index (κ3) is 8.96. The molecule has 0 heterocycles. The molecule has 86 valence electrons. The highest BCUT2D eigenvalue weighted by Gasteiger charge is 1.99. The Hall–Kier alpha value is -1.36. The first kappa shape index (κ1) is 13.6. The highest BCUT2D eigenvalue weighted by atomic mass is 16.4. The molecule has 15 heavy (non-hydrogen) atoms. The molecular formula is C10H17NO4. The highest BCUT2D eigenvalue weighted by Crippen LogP contribution is 1.97. The largest absolute Gasteiger partial charge is 0.481 e. The van der Waals surface area contributed by atoms with Gasteiger partial charge in [-0.1, -0.05) is 5.57 Å². The topological polar surface area (TPSA) is 86.6 Å². The molecule has 5 nitrogen and oxygen atoms in total. The van der Waals surface area contributed by atoms with E-state index in [0.29, 0.717) is 19.4 Å². The summed E-state index contributed by atoms with van der Waals surface area (Å²) in [7, 11) is 0. The van der Waals surface area contributed by atoms with Crippen LogP contribution < -0.4 is 5.32 Å². The molecule has 0 bridgehead atoms. The lowest BCUT2D eigenvalue weighted by atomic mass is 10.2. The van der Waals surface area contributed by atoms with Crippen molar-refractivity contribution in [3.63, 3.8) is 0 Å². The minimum absolute atomic E-state index is 0.0224. The van der Waals surface area contributed by atoms with E-state index in [9.17, 15) is 9.59 Å². The van der Waals surface area contributed by atoms with Crippen LogP contribution in [0.15, 0.2) is 11.6 Å². The Morgan fingerprint density at radius 2 is 2.00 bits per heavy atom. The Labute approximate surface area is 88.8 Å². The second-order valence-electron chi connectivity index (χ2n) is 3.25. The molecule has 0 saturated heterocycles. The van der Waals surface area contributed by atoms with Crippen LogP contribution >= 0.6 is 0 Å². The Kier molecular flexibility index (Phi) is 7.27. The molecule has 0 aromatic heterocycles. The molecule has 0 radical (unpaired) electrons. The summed E-state index contributed by atoms with van der Waals surface area (Å²) in [6.07, 6.45) is 2.37. The van der Waals surface area contributed by atoms with Gasteiger partial charge in [0.15, 0.2) is 0 Å². The van der Waals surface area contributed by atoms with Crippen LogP contribution in [-0.2, 0) is 9.59 Å². The molecule has 0 aliphatic rings. The van der Waals surface area contributed by atoms with E-state index in [1.165, 1.54) is 6.08 Å². The predicted octanol–water partition coefficient (Wildman–Crippen LogP) is 0.296. The van der Waals surface area contributed by atoms with Crippen LogP contribution in [0.5, 0.6) is 0 Å². The van der Waals surface area contributed by atoms with Crippen molar-refractivity contribution in [2.75, 3.05) is 13.2 Å². The maximum atomic E-state index is 11.2. The molecule has 0 fully saturated rings. The van der Waals surface area contributed by atoms with Crippen LogP contribution in [0.3, 0.4) is 0 Å². The van der Waals surface area contributed by atoms with Gasteiger partial charge in [-0.2, -0.15) is 0 Å². The van der Waals surface area contributed by atoms with Gasteiger partial charge in [0.05, 0.1) is 0 Å². The monoisotopic (exact) mass is 215 g/mol. The Morgan fingerprint density at radius 3 is 2.53 bits per heavy atom. The third-order valence-electron chi connectivity index (χ3n) is 1.75. The van der Waals surface area contributed by atoms with Crippen LogP contribution in [0, 0.1) is 0 Å². The Bertz CT molecular complexity index is 248. The molecule has 0 spiro atoms. The minimum atomic E-state index is -0.865. The molecule has 3 N–H and O–H groups in total. The van der Waals surface area contributed by atoms with Gasteiger partial charge in [0.1, 0.15) is 0 Å². The molecule has 0 aliphatic carbocycles. The second kappa shape index (κ2) is 7.99. The number of rotatable bonds is 7. The maximum Gasteiger partial charge on any atom is 0.303 e. The van der Waals surface area contributed by atoms with Gasteiger partial charge in [-0.05, 0) is 19.8 Å². The SMILES string of the molecule is CC(=CC(=O)NCCCC(=O)O)CCO. The molecular weight excluding hydrogens is 198 g/mol. The van der Waals surface area contributed by atoms with Crippen molar-refractivity contribution >= 4 is 11.9 Å². The molecule has 0 aromatic rings. The van der Waals surface area contributed by atoms with Crippen LogP contribution in [0.1, 0.15) is 26.2 Å². The number of carbonyl (C=O) groups is 2. The fourth-order valence-electron chi connectivity index (χ4n) is 0.975. The summed E-state index contributed by atoms with van der Waals surface area (Å²) in [6.45, 7) is 2.13. The summed E-state index contributed by atoms with van der Waals surface area (Å²) >= 11 is 0. The van der Waals surface area contributed by atoms with Crippen molar-refractivity contribution in [2.45, 2.75) is 26.2 Å². The summed E-state index contributed by atoms with van der Waals surface area (Å²) in [5.41, 5.74) is 0.799. The predicted molar refractivity (Wildman–Crippen MR) is 55.3 cm³/mol. The first-order chi connectivity index (χ1) is 7.06. The Balaban J connectivity index is 3.65. The quantitative estimate of drug-likeness (QED) is 0.421. The van der Waals surface area contributed by atoms with E-state index in [4.69, 9.17) is 10.2 Å². The number of carboxylic acids is 1. The summed E-state index contributed by atoms with van der Waals surface area (Å²) in [5.74, 6) is -1.11. The number of aliphatic hydroxyl groups is 1. The summed E-state index contributed by atoms with van der Waals surface area (Å²) in [6, 6.07) is 0. The van der Waals surface area contributed by atoms with Crippen molar-refractivity contribution in [1.29, 1.82) is 0 Å².